The molecule has 1 saturated heterocycles. The number of halogens is 1. The molecule has 2 aromatic rings. The lowest BCUT2D eigenvalue weighted by molar-refractivity contribution is -0.125. The summed E-state index contributed by atoms with van der Waals surface area (Å²) in [6, 6.07) is 14.4. The number of nitrogens with zero attached hydrogens (tertiary/aromatic N) is 1. The maximum atomic E-state index is 12.8. The summed E-state index contributed by atoms with van der Waals surface area (Å²) in [6.07, 6.45) is 2.68. The molecule has 1 amide bonds. The highest BCUT2D eigenvalue weighted by molar-refractivity contribution is 5.82. The molecule has 0 bridgehead atoms. The van der Waals surface area contributed by atoms with Crippen LogP contribution in [0.2, 0.25) is 0 Å². The van der Waals surface area contributed by atoms with E-state index in [0.29, 0.717) is 25.3 Å². The van der Waals surface area contributed by atoms with Crippen molar-refractivity contribution in [2.45, 2.75) is 38.8 Å². The van der Waals surface area contributed by atoms with Crippen LogP contribution in [0.15, 0.2) is 48.5 Å². The third-order valence-electron chi connectivity index (χ3n) is 4.84. The lowest BCUT2D eigenvalue weighted by atomic mass is 10.1. The Bertz CT molecular complexity index is 748. The van der Waals surface area contributed by atoms with Gasteiger partial charge >= 0.3 is 0 Å². The molecule has 3 rings (SSSR count). The van der Waals surface area contributed by atoms with Gasteiger partial charge in [0.1, 0.15) is 11.6 Å². The van der Waals surface area contributed by atoms with Gasteiger partial charge in [-0.25, -0.2) is 4.39 Å². The number of aryl methyl sites for hydroxylation is 1. The van der Waals surface area contributed by atoms with E-state index in [4.69, 9.17) is 4.74 Å². The summed E-state index contributed by atoms with van der Waals surface area (Å²) in [6.45, 7) is 4.93. The Balaban J connectivity index is 1.39. The van der Waals surface area contributed by atoms with Gasteiger partial charge in [-0.2, -0.15) is 0 Å². The number of amides is 1. The van der Waals surface area contributed by atoms with Crippen LogP contribution in [-0.4, -0.2) is 36.5 Å². The second-order valence-electron chi connectivity index (χ2n) is 7.06. The van der Waals surface area contributed by atoms with Gasteiger partial charge in [0.2, 0.25) is 5.91 Å². The predicted octanol–water partition coefficient (Wildman–Crippen LogP) is 3.68. The molecular formula is C22H27FN2O2. The summed E-state index contributed by atoms with van der Waals surface area (Å²) >= 11 is 0. The number of nitrogens with one attached hydrogen (secondary N) is 1. The number of rotatable bonds is 8. The molecule has 1 N–H and O–H groups in total. The number of hydrogen-bond acceptors (Lipinski definition) is 3. The average Bonchev–Trinajstić information content (AvgIpc) is 3.11. The Hall–Kier alpha value is -2.40. The molecule has 27 heavy (non-hydrogen) atoms. The van der Waals surface area contributed by atoms with Crippen LogP contribution >= 0.6 is 0 Å². The van der Waals surface area contributed by atoms with Crippen molar-refractivity contribution in [3.8, 4) is 5.75 Å². The molecule has 1 aliphatic heterocycles. The summed E-state index contributed by atoms with van der Waals surface area (Å²) in [5.74, 6) is 0.464. The molecule has 1 fully saturated rings. The van der Waals surface area contributed by atoms with Crippen LogP contribution in [0.3, 0.4) is 0 Å². The predicted molar refractivity (Wildman–Crippen MR) is 104 cm³/mol. The van der Waals surface area contributed by atoms with Gasteiger partial charge in [-0.3, -0.25) is 9.69 Å². The molecule has 0 radical (unpaired) electrons. The van der Waals surface area contributed by atoms with E-state index in [9.17, 15) is 9.18 Å². The summed E-state index contributed by atoms with van der Waals surface area (Å²) in [5.41, 5.74) is 2.50. The minimum Gasteiger partial charge on any atom is -0.494 e. The monoisotopic (exact) mass is 370 g/mol. The minimum atomic E-state index is -0.276. The van der Waals surface area contributed by atoms with Gasteiger partial charge in [0.15, 0.2) is 0 Å². The van der Waals surface area contributed by atoms with E-state index in [0.717, 1.165) is 25.9 Å². The topological polar surface area (TPSA) is 41.6 Å². The maximum Gasteiger partial charge on any atom is 0.237 e. The van der Waals surface area contributed by atoms with Crippen LogP contribution < -0.4 is 10.1 Å². The molecule has 0 aromatic heterocycles. The zero-order chi connectivity index (χ0) is 19.1. The molecule has 0 aliphatic carbocycles. The van der Waals surface area contributed by atoms with E-state index in [1.165, 1.54) is 23.3 Å². The summed E-state index contributed by atoms with van der Waals surface area (Å²) in [7, 11) is 0. The maximum absolute atomic E-state index is 12.8. The molecule has 1 atom stereocenters. The third kappa shape index (κ3) is 5.79. The van der Waals surface area contributed by atoms with Crippen molar-refractivity contribution < 1.29 is 13.9 Å². The van der Waals surface area contributed by atoms with Crippen LogP contribution in [0, 0.1) is 12.7 Å². The number of likely N-dealkylation sites (tertiary alicyclic amines) is 1. The minimum absolute atomic E-state index is 0.0523. The number of ether oxygens (including phenoxy) is 1. The van der Waals surface area contributed by atoms with Gasteiger partial charge in [0.05, 0.1) is 12.6 Å². The summed E-state index contributed by atoms with van der Waals surface area (Å²) in [4.78, 5) is 14.8. The Morgan fingerprint density at radius 2 is 2.07 bits per heavy atom. The number of carbonyl (C=O) groups excluding carboxylic acids is 1. The Labute approximate surface area is 160 Å². The molecule has 1 aliphatic rings. The number of benzene rings is 2. The Kier molecular flexibility index (Phi) is 6.82. The van der Waals surface area contributed by atoms with Crippen LogP contribution in [-0.2, 0) is 11.3 Å². The summed E-state index contributed by atoms with van der Waals surface area (Å²) < 4.78 is 18.4. The molecule has 144 valence electrons. The number of carbonyl (C=O) groups is 1. The van der Waals surface area contributed by atoms with E-state index in [-0.39, 0.29) is 17.8 Å². The second kappa shape index (κ2) is 9.51. The SMILES string of the molecule is Cc1cccc(CN2CCCC2C(=O)NCCCOc2ccc(F)cc2)c1. The van der Waals surface area contributed by atoms with Crippen molar-refractivity contribution in [1.29, 1.82) is 0 Å². The normalized spacial score (nSPS) is 17.0. The van der Waals surface area contributed by atoms with Crippen molar-refractivity contribution in [3.63, 3.8) is 0 Å². The fourth-order valence-electron chi connectivity index (χ4n) is 3.48. The van der Waals surface area contributed by atoms with Crippen LogP contribution in [0.1, 0.15) is 30.4 Å². The van der Waals surface area contributed by atoms with Crippen LogP contribution in [0.4, 0.5) is 4.39 Å². The first-order chi connectivity index (χ1) is 13.1. The smallest absolute Gasteiger partial charge is 0.237 e. The first-order valence-corrected chi connectivity index (χ1v) is 9.57. The van der Waals surface area contributed by atoms with E-state index in [1.807, 2.05) is 0 Å². The number of hydrogen-bond donors (Lipinski definition) is 1. The second-order valence-corrected chi connectivity index (χ2v) is 7.06. The molecule has 2 aromatic carbocycles. The van der Waals surface area contributed by atoms with Crippen LogP contribution in [0.5, 0.6) is 5.75 Å². The van der Waals surface area contributed by atoms with E-state index >= 15 is 0 Å². The average molecular weight is 370 g/mol. The van der Waals surface area contributed by atoms with Gasteiger partial charge in [0, 0.05) is 13.1 Å². The lowest BCUT2D eigenvalue weighted by Crippen LogP contribution is -2.43. The zero-order valence-electron chi connectivity index (χ0n) is 15.8. The molecule has 0 spiro atoms. The first kappa shape index (κ1) is 19.4. The molecule has 1 heterocycles. The Morgan fingerprint density at radius 1 is 1.26 bits per heavy atom. The summed E-state index contributed by atoms with van der Waals surface area (Å²) in [5, 5.41) is 3.03. The third-order valence-corrected chi connectivity index (χ3v) is 4.84. The van der Waals surface area contributed by atoms with Crippen molar-refractivity contribution in [2.75, 3.05) is 19.7 Å². The van der Waals surface area contributed by atoms with Gasteiger partial charge in [-0.1, -0.05) is 29.8 Å². The highest BCUT2D eigenvalue weighted by Gasteiger charge is 2.30. The van der Waals surface area contributed by atoms with Gasteiger partial charge in [-0.15, -0.1) is 0 Å². The standard InChI is InChI=1S/C22H27FN2O2/c1-17-5-2-6-18(15-17)16-25-13-3-7-21(25)22(26)24-12-4-14-27-20-10-8-19(23)9-11-20/h2,5-6,8-11,15,21H,3-4,7,12-14,16H2,1H3,(H,24,26). The molecule has 4 nitrogen and oxygen atoms in total. The van der Waals surface area contributed by atoms with Crippen molar-refractivity contribution in [2.24, 2.45) is 0 Å². The molecule has 1 unspecified atom stereocenters. The van der Waals surface area contributed by atoms with Gasteiger partial charge in [0.25, 0.3) is 0 Å². The van der Waals surface area contributed by atoms with Crippen molar-refractivity contribution in [3.05, 3.63) is 65.5 Å². The first-order valence-electron chi connectivity index (χ1n) is 9.57. The molecule has 0 saturated carbocycles. The Morgan fingerprint density at radius 3 is 2.85 bits per heavy atom. The fraction of sp³-hybridized carbons (Fsp3) is 0.409. The highest BCUT2D eigenvalue weighted by atomic mass is 19.1. The molecular weight excluding hydrogens is 343 g/mol. The lowest BCUT2D eigenvalue weighted by Gasteiger charge is -2.24. The molecule has 5 heteroatoms. The van der Waals surface area contributed by atoms with E-state index < -0.39 is 0 Å². The van der Waals surface area contributed by atoms with Crippen molar-refractivity contribution in [1.82, 2.24) is 10.2 Å². The van der Waals surface area contributed by atoms with E-state index in [1.54, 1.807) is 12.1 Å². The largest absolute Gasteiger partial charge is 0.494 e. The van der Waals surface area contributed by atoms with Crippen LogP contribution in [0.25, 0.3) is 0 Å². The van der Waals surface area contributed by atoms with Gasteiger partial charge < -0.3 is 10.1 Å². The highest BCUT2D eigenvalue weighted by Crippen LogP contribution is 2.20. The van der Waals surface area contributed by atoms with Crippen molar-refractivity contribution >= 4 is 5.91 Å². The zero-order valence-corrected chi connectivity index (χ0v) is 15.8. The quantitative estimate of drug-likeness (QED) is 0.721. The van der Waals surface area contributed by atoms with E-state index in [2.05, 4.69) is 41.4 Å². The fourth-order valence-corrected chi connectivity index (χ4v) is 3.48. The van der Waals surface area contributed by atoms with Gasteiger partial charge in [-0.05, 0) is 62.6 Å².